The molecule has 4 rings (SSSR count). The summed E-state index contributed by atoms with van der Waals surface area (Å²) < 4.78 is 1.11. The van der Waals surface area contributed by atoms with E-state index in [1.54, 1.807) is 11.3 Å². The molecule has 4 heteroatoms. The molecule has 0 saturated carbocycles. The Morgan fingerprint density at radius 2 is 2.10 bits per heavy atom. The van der Waals surface area contributed by atoms with E-state index in [9.17, 15) is 4.79 Å². The Kier molecular flexibility index (Phi) is 2.41. The van der Waals surface area contributed by atoms with Gasteiger partial charge in [-0.2, -0.15) is 0 Å². The predicted molar refractivity (Wildman–Crippen MR) is 81.3 cm³/mol. The summed E-state index contributed by atoms with van der Waals surface area (Å²) in [6.45, 7) is 2.67. The number of aromatic nitrogens is 1. The van der Waals surface area contributed by atoms with Crippen LogP contribution in [0.25, 0.3) is 10.2 Å². The van der Waals surface area contributed by atoms with Gasteiger partial charge in [0.25, 0.3) is 5.91 Å². The molecule has 1 aromatic heterocycles. The number of thiazole rings is 1. The van der Waals surface area contributed by atoms with Crippen LogP contribution in [0.2, 0.25) is 0 Å². The normalized spacial score (nSPS) is 14.1. The van der Waals surface area contributed by atoms with Crippen LogP contribution in [0.1, 0.15) is 21.5 Å². The van der Waals surface area contributed by atoms with Gasteiger partial charge in [-0.05, 0) is 36.8 Å². The molecule has 0 spiro atoms. The molecule has 2 heterocycles. The van der Waals surface area contributed by atoms with Crippen LogP contribution in [-0.4, -0.2) is 10.9 Å². The van der Waals surface area contributed by atoms with Crippen molar-refractivity contribution in [1.29, 1.82) is 0 Å². The fraction of sp³-hybridized carbons (Fsp3) is 0.125. The molecule has 0 bridgehead atoms. The molecule has 0 unspecified atom stereocenters. The van der Waals surface area contributed by atoms with Gasteiger partial charge in [-0.15, -0.1) is 11.3 Å². The molecule has 3 nitrogen and oxygen atoms in total. The van der Waals surface area contributed by atoms with E-state index in [1.807, 2.05) is 47.7 Å². The number of hydrogen-bond acceptors (Lipinski definition) is 3. The van der Waals surface area contributed by atoms with E-state index in [1.165, 1.54) is 0 Å². The Balaban J connectivity index is 1.79. The van der Waals surface area contributed by atoms with Crippen molar-refractivity contribution in [2.75, 3.05) is 4.90 Å². The molecule has 0 fully saturated rings. The maximum absolute atomic E-state index is 12.5. The molecule has 1 amide bonds. The minimum Gasteiger partial charge on any atom is -0.304 e. The summed E-state index contributed by atoms with van der Waals surface area (Å²) in [6.07, 6.45) is 0. The lowest BCUT2D eigenvalue weighted by Gasteiger charge is -2.15. The number of carbonyl (C=O) groups excluding carboxylic acids is 1. The zero-order valence-corrected chi connectivity index (χ0v) is 11.8. The van der Waals surface area contributed by atoms with Gasteiger partial charge in [-0.1, -0.05) is 17.7 Å². The van der Waals surface area contributed by atoms with Crippen LogP contribution in [0.3, 0.4) is 0 Å². The highest BCUT2D eigenvalue weighted by molar-refractivity contribution is 7.16. The first-order chi connectivity index (χ1) is 9.72. The van der Waals surface area contributed by atoms with Gasteiger partial charge >= 0.3 is 0 Å². The van der Waals surface area contributed by atoms with Crippen LogP contribution < -0.4 is 4.90 Å². The number of carbonyl (C=O) groups is 1. The van der Waals surface area contributed by atoms with Crippen molar-refractivity contribution < 1.29 is 4.79 Å². The van der Waals surface area contributed by atoms with E-state index in [0.29, 0.717) is 6.54 Å². The molecular formula is C16H12N2OS. The molecular weight excluding hydrogens is 268 g/mol. The summed E-state index contributed by atoms with van der Waals surface area (Å²) in [5.74, 6) is 0.0903. The van der Waals surface area contributed by atoms with Crippen molar-refractivity contribution in [3.8, 4) is 0 Å². The summed E-state index contributed by atoms with van der Waals surface area (Å²) in [4.78, 5) is 18.6. The number of fused-ring (bicyclic) bond motifs is 2. The first kappa shape index (κ1) is 11.6. The lowest BCUT2D eigenvalue weighted by atomic mass is 10.1. The molecule has 1 aliphatic rings. The second-order valence-corrected chi connectivity index (χ2v) is 5.94. The highest BCUT2D eigenvalue weighted by Gasteiger charge is 2.28. The summed E-state index contributed by atoms with van der Waals surface area (Å²) in [5, 5.41) is 0. The van der Waals surface area contributed by atoms with Gasteiger partial charge in [-0.25, -0.2) is 4.98 Å². The van der Waals surface area contributed by atoms with E-state index in [-0.39, 0.29) is 5.91 Å². The van der Waals surface area contributed by atoms with Gasteiger partial charge in [0.1, 0.15) is 0 Å². The molecule has 98 valence electrons. The van der Waals surface area contributed by atoms with Gasteiger partial charge < -0.3 is 4.90 Å². The van der Waals surface area contributed by atoms with E-state index in [0.717, 1.165) is 32.6 Å². The minimum atomic E-state index is 0.0903. The fourth-order valence-electron chi connectivity index (χ4n) is 2.64. The topological polar surface area (TPSA) is 33.2 Å². The van der Waals surface area contributed by atoms with Crippen molar-refractivity contribution in [2.45, 2.75) is 13.5 Å². The summed E-state index contributed by atoms with van der Waals surface area (Å²) in [6, 6.07) is 12.1. The summed E-state index contributed by atoms with van der Waals surface area (Å²) in [7, 11) is 0. The molecule has 0 saturated heterocycles. The Morgan fingerprint density at radius 3 is 3.00 bits per heavy atom. The van der Waals surface area contributed by atoms with Crippen molar-refractivity contribution in [3.05, 3.63) is 58.6 Å². The van der Waals surface area contributed by atoms with Crippen LogP contribution in [-0.2, 0) is 6.54 Å². The zero-order chi connectivity index (χ0) is 13.7. The average Bonchev–Trinajstić information content (AvgIpc) is 3.03. The number of rotatable bonds is 1. The van der Waals surface area contributed by atoms with Crippen molar-refractivity contribution in [3.63, 3.8) is 0 Å². The Hall–Kier alpha value is -2.20. The van der Waals surface area contributed by atoms with E-state index < -0.39 is 0 Å². The van der Waals surface area contributed by atoms with Crippen molar-refractivity contribution in [1.82, 2.24) is 4.98 Å². The monoisotopic (exact) mass is 280 g/mol. The molecule has 20 heavy (non-hydrogen) atoms. The number of anilines is 1. The molecule has 0 aliphatic carbocycles. The highest BCUT2D eigenvalue weighted by Crippen LogP contribution is 2.31. The minimum absolute atomic E-state index is 0.0903. The summed E-state index contributed by atoms with van der Waals surface area (Å²) in [5.41, 5.74) is 6.81. The molecule has 0 N–H and O–H groups in total. The van der Waals surface area contributed by atoms with E-state index in [2.05, 4.69) is 11.1 Å². The number of hydrogen-bond donors (Lipinski definition) is 0. The highest BCUT2D eigenvalue weighted by atomic mass is 32.1. The quantitative estimate of drug-likeness (QED) is 0.680. The van der Waals surface area contributed by atoms with Gasteiger partial charge in [0, 0.05) is 11.3 Å². The fourth-order valence-corrected chi connectivity index (χ4v) is 3.35. The molecule has 1 aliphatic heterocycles. The standard InChI is InChI=1S/C16H12N2OS/c1-10-2-3-11-8-18(16(19)13(11)6-10)12-4-5-14-15(7-12)20-9-17-14/h2-7,9H,8H2,1H3. The Bertz CT molecular complexity index is 837. The third kappa shape index (κ3) is 1.65. The maximum Gasteiger partial charge on any atom is 0.258 e. The van der Waals surface area contributed by atoms with Gasteiger partial charge in [0.2, 0.25) is 0 Å². The zero-order valence-electron chi connectivity index (χ0n) is 11.0. The van der Waals surface area contributed by atoms with Gasteiger partial charge in [-0.3, -0.25) is 4.79 Å². The first-order valence-corrected chi connectivity index (χ1v) is 7.35. The lowest BCUT2D eigenvalue weighted by Crippen LogP contribution is -2.22. The Labute approximate surface area is 120 Å². The number of aryl methyl sites for hydroxylation is 1. The van der Waals surface area contributed by atoms with Crippen LogP contribution in [0.15, 0.2) is 41.9 Å². The third-order valence-electron chi connectivity index (χ3n) is 3.70. The van der Waals surface area contributed by atoms with Crippen LogP contribution in [0, 0.1) is 6.92 Å². The van der Waals surface area contributed by atoms with Crippen LogP contribution in [0.5, 0.6) is 0 Å². The number of benzene rings is 2. The Morgan fingerprint density at radius 1 is 1.20 bits per heavy atom. The number of nitrogens with zero attached hydrogens (tertiary/aromatic N) is 2. The summed E-state index contributed by atoms with van der Waals surface area (Å²) >= 11 is 1.60. The van der Waals surface area contributed by atoms with Gasteiger partial charge in [0.15, 0.2) is 0 Å². The smallest absolute Gasteiger partial charge is 0.258 e. The molecule has 3 aromatic rings. The van der Waals surface area contributed by atoms with Gasteiger partial charge in [0.05, 0.1) is 22.3 Å². The predicted octanol–water partition coefficient (Wildman–Crippen LogP) is 3.77. The lowest BCUT2D eigenvalue weighted by molar-refractivity contribution is 0.0996. The maximum atomic E-state index is 12.5. The molecule has 0 atom stereocenters. The molecule has 2 aromatic carbocycles. The van der Waals surface area contributed by atoms with E-state index >= 15 is 0 Å². The number of amides is 1. The van der Waals surface area contributed by atoms with Crippen LogP contribution >= 0.6 is 11.3 Å². The third-order valence-corrected chi connectivity index (χ3v) is 4.49. The molecule has 0 radical (unpaired) electrons. The van der Waals surface area contributed by atoms with Crippen molar-refractivity contribution >= 4 is 33.1 Å². The average molecular weight is 280 g/mol. The second-order valence-electron chi connectivity index (χ2n) is 5.06. The van der Waals surface area contributed by atoms with Crippen LogP contribution in [0.4, 0.5) is 5.69 Å². The second kappa shape index (κ2) is 4.15. The SMILES string of the molecule is Cc1ccc2c(c1)C(=O)N(c1ccc3ncsc3c1)C2. The largest absolute Gasteiger partial charge is 0.304 e. The van der Waals surface area contributed by atoms with E-state index in [4.69, 9.17) is 0 Å². The van der Waals surface area contributed by atoms with Crippen molar-refractivity contribution in [2.24, 2.45) is 0 Å². The first-order valence-electron chi connectivity index (χ1n) is 6.47.